The number of rotatable bonds is 6. The highest BCUT2D eigenvalue weighted by Crippen LogP contribution is 2.31. The fourth-order valence-corrected chi connectivity index (χ4v) is 2.73. The van der Waals surface area contributed by atoms with Crippen molar-refractivity contribution in [2.75, 3.05) is 13.7 Å². The third kappa shape index (κ3) is 4.05. The molecule has 0 saturated heterocycles. The first-order valence-electron chi connectivity index (χ1n) is 6.98. The minimum atomic E-state index is -0.237. The van der Waals surface area contributed by atoms with Crippen LogP contribution in [0.3, 0.4) is 0 Å². The molecule has 112 valence electrons. The summed E-state index contributed by atoms with van der Waals surface area (Å²) < 4.78 is 19.8. The summed E-state index contributed by atoms with van der Waals surface area (Å²) in [6.07, 6.45) is 1.01. The molecular weight excluding hydrogens is 333 g/mol. The third-order valence-electron chi connectivity index (χ3n) is 3.29. The molecule has 0 saturated carbocycles. The number of hydrogen-bond donors (Lipinski definition) is 1. The van der Waals surface area contributed by atoms with Gasteiger partial charge in [0.2, 0.25) is 0 Å². The zero-order chi connectivity index (χ0) is 15.2. The molecule has 0 bridgehead atoms. The molecule has 2 aromatic carbocycles. The Morgan fingerprint density at radius 1 is 1.24 bits per heavy atom. The summed E-state index contributed by atoms with van der Waals surface area (Å²) in [5.41, 5.74) is 1.94. The monoisotopic (exact) mass is 351 g/mol. The number of halogens is 2. The first kappa shape index (κ1) is 16.0. The lowest BCUT2D eigenvalue weighted by Gasteiger charge is -2.21. The van der Waals surface area contributed by atoms with Gasteiger partial charge in [-0.3, -0.25) is 0 Å². The zero-order valence-electron chi connectivity index (χ0n) is 12.2. The van der Waals surface area contributed by atoms with Gasteiger partial charge in [0, 0.05) is 4.47 Å². The molecule has 21 heavy (non-hydrogen) atoms. The fourth-order valence-electron chi connectivity index (χ4n) is 2.25. The van der Waals surface area contributed by atoms with Crippen LogP contribution >= 0.6 is 15.9 Å². The summed E-state index contributed by atoms with van der Waals surface area (Å²) in [4.78, 5) is 0. The number of nitrogens with one attached hydrogen (secondary N) is 1. The number of methoxy groups -OCH3 is 1. The van der Waals surface area contributed by atoms with Crippen LogP contribution in [0.5, 0.6) is 5.75 Å². The van der Waals surface area contributed by atoms with Crippen LogP contribution in [0.1, 0.15) is 30.5 Å². The van der Waals surface area contributed by atoms with Crippen LogP contribution in [-0.4, -0.2) is 13.7 Å². The van der Waals surface area contributed by atoms with Crippen molar-refractivity contribution in [3.63, 3.8) is 0 Å². The molecule has 2 aromatic rings. The second-order valence-electron chi connectivity index (χ2n) is 4.83. The number of hydrogen-bond acceptors (Lipinski definition) is 2. The minimum absolute atomic E-state index is 0.0786. The molecule has 0 amide bonds. The smallest absolute Gasteiger partial charge is 0.123 e. The average Bonchev–Trinajstić information content (AvgIpc) is 2.51. The highest BCUT2D eigenvalue weighted by Gasteiger charge is 2.17. The Balaban J connectivity index is 2.44. The van der Waals surface area contributed by atoms with Crippen molar-refractivity contribution in [1.29, 1.82) is 0 Å². The van der Waals surface area contributed by atoms with E-state index in [1.807, 2.05) is 24.3 Å². The Hall–Kier alpha value is -1.39. The van der Waals surface area contributed by atoms with Gasteiger partial charge in [0.05, 0.1) is 13.2 Å². The topological polar surface area (TPSA) is 21.3 Å². The fraction of sp³-hybridized carbons (Fsp3) is 0.294. The van der Waals surface area contributed by atoms with Gasteiger partial charge >= 0.3 is 0 Å². The van der Waals surface area contributed by atoms with Crippen molar-refractivity contribution >= 4 is 15.9 Å². The highest BCUT2D eigenvalue weighted by atomic mass is 79.9. The molecule has 2 nitrogen and oxygen atoms in total. The van der Waals surface area contributed by atoms with Crippen LogP contribution in [0.2, 0.25) is 0 Å². The van der Waals surface area contributed by atoms with Gasteiger partial charge in [-0.1, -0.05) is 35.0 Å². The molecule has 0 radical (unpaired) electrons. The summed E-state index contributed by atoms with van der Waals surface area (Å²) in [5.74, 6) is 0.558. The van der Waals surface area contributed by atoms with E-state index in [4.69, 9.17) is 4.74 Å². The van der Waals surface area contributed by atoms with E-state index >= 15 is 0 Å². The third-order valence-corrected chi connectivity index (χ3v) is 4.02. The van der Waals surface area contributed by atoms with Crippen LogP contribution < -0.4 is 10.1 Å². The summed E-state index contributed by atoms with van der Waals surface area (Å²) in [6, 6.07) is 12.5. The van der Waals surface area contributed by atoms with Crippen LogP contribution in [0.25, 0.3) is 0 Å². The molecule has 0 aliphatic carbocycles. The maximum absolute atomic E-state index is 13.6. The van der Waals surface area contributed by atoms with E-state index < -0.39 is 0 Å². The quantitative estimate of drug-likeness (QED) is 0.815. The van der Waals surface area contributed by atoms with Crippen LogP contribution in [0, 0.1) is 5.82 Å². The van der Waals surface area contributed by atoms with Crippen molar-refractivity contribution in [2.24, 2.45) is 0 Å². The van der Waals surface area contributed by atoms with Gasteiger partial charge in [0.15, 0.2) is 0 Å². The molecule has 0 aromatic heterocycles. The van der Waals surface area contributed by atoms with Crippen molar-refractivity contribution in [3.05, 3.63) is 63.9 Å². The van der Waals surface area contributed by atoms with Gasteiger partial charge < -0.3 is 10.1 Å². The van der Waals surface area contributed by atoms with E-state index in [0.29, 0.717) is 0 Å². The second-order valence-corrected chi connectivity index (χ2v) is 5.68. The SMILES string of the molecule is CCCNC(c1cccc(OC)c1)c1cc(F)ccc1Br. The van der Waals surface area contributed by atoms with E-state index in [-0.39, 0.29) is 11.9 Å². The van der Waals surface area contributed by atoms with Crippen molar-refractivity contribution in [3.8, 4) is 5.75 Å². The van der Waals surface area contributed by atoms with Crippen LogP contribution in [0.4, 0.5) is 4.39 Å². The molecule has 4 heteroatoms. The molecule has 0 fully saturated rings. The largest absolute Gasteiger partial charge is 0.497 e. The Bertz CT molecular complexity index is 603. The standard InChI is InChI=1S/C17H19BrFNO/c1-3-9-20-17(12-5-4-6-14(10-12)21-2)15-11-13(19)7-8-16(15)18/h4-8,10-11,17,20H,3,9H2,1-2H3. The van der Waals surface area contributed by atoms with Gasteiger partial charge in [0.1, 0.15) is 11.6 Å². The molecule has 0 heterocycles. The van der Waals surface area contributed by atoms with Crippen molar-refractivity contribution in [2.45, 2.75) is 19.4 Å². The van der Waals surface area contributed by atoms with Gasteiger partial charge in [-0.25, -0.2) is 4.39 Å². The normalized spacial score (nSPS) is 12.2. The first-order valence-corrected chi connectivity index (χ1v) is 7.77. The lowest BCUT2D eigenvalue weighted by atomic mass is 9.98. The summed E-state index contributed by atoms with van der Waals surface area (Å²) in [7, 11) is 1.64. The van der Waals surface area contributed by atoms with E-state index in [1.54, 1.807) is 19.2 Å². The highest BCUT2D eigenvalue weighted by molar-refractivity contribution is 9.10. The van der Waals surface area contributed by atoms with Gasteiger partial charge in [-0.15, -0.1) is 0 Å². The van der Waals surface area contributed by atoms with Crippen LogP contribution in [0.15, 0.2) is 46.9 Å². The Kier molecular flexibility index (Phi) is 5.76. The molecule has 0 aliphatic heterocycles. The molecule has 0 spiro atoms. The molecule has 1 N–H and O–H groups in total. The van der Waals surface area contributed by atoms with E-state index in [1.165, 1.54) is 6.07 Å². The van der Waals surface area contributed by atoms with Gasteiger partial charge in [-0.05, 0) is 54.4 Å². The van der Waals surface area contributed by atoms with Gasteiger partial charge in [0.25, 0.3) is 0 Å². The Labute approximate surface area is 133 Å². The lowest BCUT2D eigenvalue weighted by Crippen LogP contribution is -2.23. The Morgan fingerprint density at radius 2 is 2.05 bits per heavy atom. The zero-order valence-corrected chi connectivity index (χ0v) is 13.8. The summed E-state index contributed by atoms with van der Waals surface area (Å²) in [5, 5.41) is 3.47. The molecule has 2 rings (SSSR count). The molecule has 0 aliphatic rings. The number of benzene rings is 2. The van der Waals surface area contributed by atoms with E-state index in [2.05, 4.69) is 28.2 Å². The predicted molar refractivity (Wildman–Crippen MR) is 87.2 cm³/mol. The van der Waals surface area contributed by atoms with E-state index in [0.717, 1.165) is 34.3 Å². The van der Waals surface area contributed by atoms with E-state index in [9.17, 15) is 4.39 Å². The van der Waals surface area contributed by atoms with Crippen molar-refractivity contribution in [1.82, 2.24) is 5.32 Å². The molecular formula is C17H19BrFNO. The maximum Gasteiger partial charge on any atom is 0.123 e. The molecule has 1 atom stereocenters. The van der Waals surface area contributed by atoms with Gasteiger partial charge in [-0.2, -0.15) is 0 Å². The van der Waals surface area contributed by atoms with Crippen molar-refractivity contribution < 1.29 is 9.13 Å². The summed E-state index contributed by atoms with van der Waals surface area (Å²) in [6.45, 7) is 2.96. The minimum Gasteiger partial charge on any atom is -0.497 e. The maximum atomic E-state index is 13.6. The van der Waals surface area contributed by atoms with Crippen LogP contribution in [-0.2, 0) is 0 Å². The lowest BCUT2D eigenvalue weighted by molar-refractivity contribution is 0.413. The average molecular weight is 352 g/mol. The Morgan fingerprint density at radius 3 is 2.76 bits per heavy atom. The predicted octanol–water partition coefficient (Wildman–Crippen LogP) is 4.69. The first-order chi connectivity index (χ1) is 10.2. The second kappa shape index (κ2) is 7.57. The number of ether oxygens (including phenoxy) is 1. The molecule has 1 unspecified atom stereocenters. The summed E-state index contributed by atoms with van der Waals surface area (Å²) >= 11 is 3.52.